The summed E-state index contributed by atoms with van der Waals surface area (Å²) in [5, 5.41) is 13.7. The fourth-order valence-corrected chi connectivity index (χ4v) is 2.16. The Bertz CT molecular complexity index is 465. The lowest BCUT2D eigenvalue weighted by Crippen LogP contribution is -2.18. The van der Waals surface area contributed by atoms with Crippen LogP contribution in [0.5, 0.6) is 0 Å². The Morgan fingerprint density at radius 2 is 2.22 bits per heavy atom. The molecule has 0 radical (unpaired) electrons. The van der Waals surface area contributed by atoms with E-state index in [4.69, 9.17) is 5.73 Å². The molecule has 1 aromatic rings. The van der Waals surface area contributed by atoms with Gasteiger partial charge in [0.25, 0.3) is 5.69 Å². The van der Waals surface area contributed by atoms with E-state index in [1.165, 1.54) is 12.1 Å². The molecule has 2 unspecified atom stereocenters. The molecule has 0 saturated heterocycles. The van der Waals surface area contributed by atoms with Crippen LogP contribution in [0.1, 0.15) is 13.3 Å². The first-order chi connectivity index (χ1) is 8.40. The van der Waals surface area contributed by atoms with Crippen LogP contribution in [0.3, 0.4) is 0 Å². The van der Waals surface area contributed by atoms with Gasteiger partial charge in [0.05, 0.1) is 16.3 Å². The van der Waals surface area contributed by atoms with Gasteiger partial charge in [-0.15, -0.1) is 0 Å². The Morgan fingerprint density at radius 3 is 2.72 bits per heavy atom. The summed E-state index contributed by atoms with van der Waals surface area (Å²) in [5.74, 6) is 0.612. The number of benzene rings is 1. The SMILES string of the molecule is CC(CCS(C)=O)Nc1ccc([N+](=O)[O-])cc1N. The van der Waals surface area contributed by atoms with Gasteiger partial charge in [-0.3, -0.25) is 14.3 Å². The van der Waals surface area contributed by atoms with Crippen molar-refractivity contribution in [3.05, 3.63) is 28.3 Å². The van der Waals surface area contributed by atoms with Gasteiger partial charge in [-0.1, -0.05) is 0 Å². The summed E-state index contributed by atoms with van der Waals surface area (Å²) in [6, 6.07) is 4.43. The van der Waals surface area contributed by atoms with Gasteiger partial charge < -0.3 is 11.1 Å². The van der Waals surface area contributed by atoms with E-state index in [1.54, 1.807) is 12.3 Å². The fourth-order valence-electron chi connectivity index (χ4n) is 1.48. The quantitative estimate of drug-likeness (QED) is 0.466. The van der Waals surface area contributed by atoms with Crippen molar-refractivity contribution >= 4 is 27.9 Å². The molecule has 1 aromatic carbocycles. The van der Waals surface area contributed by atoms with E-state index in [0.29, 0.717) is 17.1 Å². The topological polar surface area (TPSA) is 98.3 Å². The van der Waals surface area contributed by atoms with Gasteiger partial charge in [-0.05, 0) is 19.4 Å². The molecule has 0 heterocycles. The molecule has 0 fully saturated rings. The third-order valence-corrected chi connectivity index (χ3v) is 3.30. The van der Waals surface area contributed by atoms with Crippen molar-refractivity contribution in [3.8, 4) is 0 Å². The Morgan fingerprint density at radius 1 is 1.56 bits per heavy atom. The average Bonchev–Trinajstić information content (AvgIpc) is 2.29. The Hall–Kier alpha value is -1.63. The maximum Gasteiger partial charge on any atom is 0.271 e. The monoisotopic (exact) mass is 271 g/mol. The Kier molecular flexibility index (Phi) is 5.08. The van der Waals surface area contributed by atoms with Crippen molar-refractivity contribution in [2.24, 2.45) is 0 Å². The van der Waals surface area contributed by atoms with Gasteiger partial charge in [0, 0.05) is 41.0 Å². The zero-order valence-electron chi connectivity index (χ0n) is 10.4. The van der Waals surface area contributed by atoms with E-state index < -0.39 is 15.7 Å². The number of nitro groups is 1. The van der Waals surface area contributed by atoms with Gasteiger partial charge >= 0.3 is 0 Å². The number of nitro benzene ring substituents is 1. The van der Waals surface area contributed by atoms with Crippen molar-refractivity contribution in [1.82, 2.24) is 0 Å². The van der Waals surface area contributed by atoms with Crippen molar-refractivity contribution in [2.75, 3.05) is 23.1 Å². The van der Waals surface area contributed by atoms with E-state index >= 15 is 0 Å². The first-order valence-electron chi connectivity index (χ1n) is 5.50. The van der Waals surface area contributed by atoms with Crippen LogP contribution in [0.25, 0.3) is 0 Å². The summed E-state index contributed by atoms with van der Waals surface area (Å²) in [4.78, 5) is 10.1. The lowest BCUT2D eigenvalue weighted by molar-refractivity contribution is -0.384. The maximum absolute atomic E-state index is 11.0. The highest BCUT2D eigenvalue weighted by Gasteiger charge is 2.10. The molecule has 6 nitrogen and oxygen atoms in total. The van der Waals surface area contributed by atoms with Crippen LogP contribution in [-0.2, 0) is 10.8 Å². The minimum Gasteiger partial charge on any atom is -0.397 e. The van der Waals surface area contributed by atoms with Gasteiger partial charge in [0.15, 0.2) is 0 Å². The molecule has 100 valence electrons. The summed E-state index contributed by atoms with van der Waals surface area (Å²) >= 11 is 0. The molecule has 0 aromatic heterocycles. The first-order valence-corrected chi connectivity index (χ1v) is 7.23. The third kappa shape index (κ3) is 4.33. The highest BCUT2D eigenvalue weighted by molar-refractivity contribution is 7.84. The smallest absolute Gasteiger partial charge is 0.271 e. The summed E-state index contributed by atoms with van der Waals surface area (Å²) < 4.78 is 11.0. The van der Waals surface area contributed by atoms with Crippen LogP contribution in [-0.4, -0.2) is 27.2 Å². The molecule has 0 bridgehead atoms. The predicted molar refractivity (Wildman–Crippen MR) is 74.1 cm³/mol. The predicted octanol–water partition coefficient (Wildman–Crippen LogP) is 1.75. The second-order valence-electron chi connectivity index (χ2n) is 4.14. The van der Waals surface area contributed by atoms with Crippen LogP contribution >= 0.6 is 0 Å². The maximum atomic E-state index is 11.0. The minimum atomic E-state index is -0.820. The third-order valence-electron chi connectivity index (χ3n) is 2.49. The number of hydrogen-bond acceptors (Lipinski definition) is 5. The van der Waals surface area contributed by atoms with Gasteiger partial charge in [-0.2, -0.15) is 0 Å². The molecule has 7 heteroatoms. The average molecular weight is 271 g/mol. The van der Waals surface area contributed by atoms with E-state index in [1.807, 2.05) is 6.92 Å². The van der Waals surface area contributed by atoms with E-state index in [2.05, 4.69) is 5.32 Å². The minimum absolute atomic E-state index is 0.0274. The van der Waals surface area contributed by atoms with Crippen LogP contribution < -0.4 is 11.1 Å². The number of hydrogen-bond donors (Lipinski definition) is 2. The number of anilines is 2. The number of nitrogens with one attached hydrogen (secondary N) is 1. The van der Waals surface area contributed by atoms with E-state index in [9.17, 15) is 14.3 Å². The molecular weight excluding hydrogens is 254 g/mol. The largest absolute Gasteiger partial charge is 0.397 e. The zero-order chi connectivity index (χ0) is 13.7. The highest BCUT2D eigenvalue weighted by Crippen LogP contribution is 2.24. The van der Waals surface area contributed by atoms with E-state index in [0.717, 1.165) is 6.42 Å². The molecule has 18 heavy (non-hydrogen) atoms. The first kappa shape index (κ1) is 14.4. The number of non-ortho nitro benzene ring substituents is 1. The number of nitrogens with zero attached hydrogens (tertiary/aromatic N) is 1. The molecule has 0 spiro atoms. The van der Waals surface area contributed by atoms with Crippen LogP contribution in [0.4, 0.5) is 17.1 Å². The van der Waals surface area contributed by atoms with Crippen LogP contribution in [0.2, 0.25) is 0 Å². The number of nitrogen functional groups attached to an aromatic ring is 1. The van der Waals surface area contributed by atoms with Crippen molar-refractivity contribution in [3.63, 3.8) is 0 Å². The van der Waals surface area contributed by atoms with Crippen molar-refractivity contribution in [1.29, 1.82) is 0 Å². The van der Waals surface area contributed by atoms with Gasteiger partial charge in [0.1, 0.15) is 0 Å². The number of rotatable bonds is 6. The lowest BCUT2D eigenvalue weighted by Gasteiger charge is -2.16. The van der Waals surface area contributed by atoms with Gasteiger partial charge in [-0.25, -0.2) is 0 Å². The molecule has 3 N–H and O–H groups in total. The molecule has 0 aliphatic carbocycles. The second kappa shape index (κ2) is 6.34. The molecule has 1 rings (SSSR count). The Balaban J connectivity index is 2.67. The van der Waals surface area contributed by atoms with Crippen LogP contribution in [0.15, 0.2) is 18.2 Å². The molecular formula is C11H17N3O3S. The molecule has 0 aliphatic heterocycles. The molecule has 2 atom stereocenters. The highest BCUT2D eigenvalue weighted by atomic mass is 32.2. The van der Waals surface area contributed by atoms with Crippen molar-refractivity contribution in [2.45, 2.75) is 19.4 Å². The zero-order valence-corrected chi connectivity index (χ0v) is 11.2. The van der Waals surface area contributed by atoms with Crippen LogP contribution in [0, 0.1) is 10.1 Å². The molecule has 0 aliphatic rings. The molecule has 0 amide bonds. The van der Waals surface area contributed by atoms with Crippen molar-refractivity contribution < 1.29 is 9.13 Å². The summed E-state index contributed by atoms with van der Waals surface area (Å²) in [6.07, 6.45) is 2.41. The molecule has 0 saturated carbocycles. The summed E-state index contributed by atoms with van der Waals surface area (Å²) in [7, 11) is -0.820. The van der Waals surface area contributed by atoms with E-state index in [-0.39, 0.29) is 11.7 Å². The normalized spacial score (nSPS) is 13.9. The number of nitrogens with two attached hydrogens (primary N) is 1. The fraction of sp³-hybridized carbons (Fsp3) is 0.455. The summed E-state index contributed by atoms with van der Waals surface area (Å²) in [5.41, 5.74) is 6.71. The summed E-state index contributed by atoms with van der Waals surface area (Å²) in [6.45, 7) is 1.95. The van der Waals surface area contributed by atoms with Gasteiger partial charge in [0.2, 0.25) is 0 Å². The lowest BCUT2D eigenvalue weighted by atomic mass is 10.2. The standard InChI is InChI=1S/C11H17N3O3S/c1-8(5-6-18(2)17)13-11-4-3-9(14(15)16)7-10(11)12/h3-4,7-8,13H,5-6,12H2,1-2H3. The Labute approximate surface area is 108 Å². The second-order valence-corrected chi connectivity index (χ2v) is 5.69.